The lowest BCUT2D eigenvalue weighted by atomic mass is 10.00. The first-order chi connectivity index (χ1) is 56.0. The first kappa shape index (κ1) is 71.0. The van der Waals surface area contributed by atoms with E-state index in [4.69, 9.17) is 53.6 Å². The van der Waals surface area contributed by atoms with E-state index in [-0.39, 0.29) is 66.2 Å². The van der Waals surface area contributed by atoms with Gasteiger partial charge < -0.3 is 28.1 Å². The van der Waals surface area contributed by atoms with Crippen LogP contribution in [0.4, 0.5) is 17.1 Å². The number of ether oxygens (including phenoxy) is 4. The van der Waals surface area contributed by atoms with Crippen LogP contribution in [-0.2, 0) is 45.4 Å². The third-order valence-electron chi connectivity index (χ3n) is 20.0. The average Bonchev–Trinajstić information content (AvgIpc) is 1.57. The minimum absolute atomic E-state index is 0.0330. The number of carbonyl (C=O) groups excluding carboxylic acids is 4. The molecule has 0 aliphatic rings. The first-order valence-electron chi connectivity index (χ1n) is 36.6. The maximum atomic E-state index is 14.3. The van der Waals surface area contributed by atoms with Crippen molar-refractivity contribution in [2.24, 2.45) is 0 Å². The lowest BCUT2D eigenvalue weighted by molar-refractivity contribution is 0.0464. The highest BCUT2D eigenvalue weighted by atomic mass is 16.5. The Morgan fingerprint density at radius 2 is 0.561 bits per heavy atom. The largest absolute Gasteiger partial charge is 0.457 e. The Labute approximate surface area is 654 Å². The fourth-order valence-corrected chi connectivity index (χ4v) is 14.3. The normalized spacial score (nSPS) is 11.1. The van der Waals surface area contributed by atoms with Crippen LogP contribution in [0.1, 0.15) is 63.7 Å². The molecule has 0 saturated heterocycles. The minimum atomic E-state index is -0.557. The quantitative estimate of drug-likeness (QED) is 0.0405. The summed E-state index contributed by atoms with van der Waals surface area (Å²) in [5.41, 5.74) is 15.8. The monoisotopic (exact) mass is 1480 g/mol. The number of hydrogen-bond acceptors (Lipinski definition) is 11. The molecule has 0 bridgehead atoms. The van der Waals surface area contributed by atoms with E-state index in [1.54, 1.807) is 78.9 Å². The molecule has 17 aromatic rings. The van der Waals surface area contributed by atoms with Gasteiger partial charge in [-0.05, 0) is 165 Å². The average molecular weight is 1480 g/mol. The Kier molecular flexibility index (Phi) is 19.5. The standard InChI is InChI=1S/C98H62N8O8/c1-99-77-40-30-66(31-41-77)70-34-44-80(90(56-70)105-86-46-36-73(95(107)111-58-62-18-8-4-9-19-62)52-82(86)83-53-74(37-47-87(83)105)96(108)112-59-63-20-10-5-11-21-63)93-102-92(72-28-16-26-68(50-72)69-27-17-29-79(51-69)101-3)103-94(104-93)81-45-35-71(67-32-42-78(100-2)43-33-67)57-91(81)106-88-48-38-75(97(109)113-60-64-22-12-6-13-23-64)54-84(88)85-55-76(39-49-89(85)106)98(110)114-61-65-24-14-7-15-25-65/h4-57H,58-61H2. The van der Waals surface area contributed by atoms with Crippen LogP contribution in [0.3, 0.4) is 0 Å². The van der Waals surface area contributed by atoms with E-state index in [1.807, 2.05) is 249 Å². The summed E-state index contributed by atoms with van der Waals surface area (Å²) < 4.78 is 28.0. The van der Waals surface area contributed by atoms with Crippen molar-refractivity contribution in [1.29, 1.82) is 0 Å². The Morgan fingerprint density at radius 3 is 0.904 bits per heavy atom. The summed E-state index contributed by atoms with van der Waals surface area (Å²) in [5.74, 6) is -1.51. The number of nitrogens with zero attached hydrogens (tertiary/aromatic N) is 8. The highest BCUT2D eigenvalue weighted by Crippen LogP contribution is 2.44. The fourth-order valence-electron chi connectivity index (χ4n) is 14.3. The van der Waals surface area contributed by atoms with Crippen LogP contribution in [0.2, 0.25) is 0 Å². The molecule has 542 valence electrons. The number of aromatic nitrogens is 5. The van der Waals surface area contributed by atoms with Crippen molar-refractivity contribution in [3.63, 3.8) is 0 Å². The maximum Gasteiger partial charge on any atom is 0.338 e. The van der Waals surface area contributed by atoms with Gasteiger partial charge in [0.2, 0.25) is 0 Å². The molecule has 0 amide bonds. The second-order valence-electron chi connectivity index (χ2n) is 27.2. The lowest BCUT2D eigenvalue weighted by Gasteiger charge is -2.18. The van der Waals surface area contributed by atoms with E-state index < -0.39 is 23.9 Å². The predicted octanol–water partition coefficient (Wildman–Crippen LogP) is 23.1. The number of hydrogen-bond donors (Lipinski definition) is 0. The summed E-state index contributed by atoms with van der Waals surface area (Å²) in [6, 6.07) is 101. The smallest absolute Gasteiger partial charge is 0.338 e. The minimum Gasteiger partial charge on any atom is -0.457 e. The van der Waals surface area contributed by atoms with Gasteiger partial charge in [-0.15, -0.1) is 0 Å². The number of esters is 4. The van der Waals surface area contributed by atoms with Crippen molar-refractivity contribution >= 4 is 84.6 Å². The topological polar surface area (TPSA) is 167 Å². The van der Waals surface area contributed by atoms with Crippen molar-refractivity contribution in [3.8, 4) is 78.9 Å². The number of benzene rings is 14. The molecule has 0 aliphatic carbocycles. The van der Waals surface area contributed by atoms with Gasteiger partial charge in [-0.3, -0.25) is 0 Å². The number of carbonyl (C=O) groups is 4. The number of rotatable bonds is 20. The van der Waals surface area contributed by atoms with E-state index in [0.29, 0.717) is 88.7 Å². The van der Waals surface area contributed by atoms with Gasteiger partial charge in [-0.25, -0.2) is 48.7 Å². The van der Waals surface area contributed by atoms with Crippen LogP contribution in [0.5, 0.6) is 0 Å². The molecule has 0 saturated carbocycles. The molecule has 0 unspecified atom stereocenters. The molecule has 17 rings (SSSR count). The van der Waals surface area contributed by atoms with Gasteiger partial charge in [0.15, 0.2) is 34.5 Å². The highest BCUT2D eigenvalue weighted by molar-refractivity contribution is 6.15. The second-order valence-corrected chi connectivity index (χ2v) is 27.2. The van der Waals surface area contributed by atoms with Crippen molar-refractivity contribution < 1.29 is 38.1 Å². The van der Waals surface area contributed by atoms with Gasteiger partial charge >= 0.3 is 23.9 Å². The van der Waals surface area contributed by atoms with E-state index in [2.05, 4.69) is 23.7 Å². The molecule has 0 atom stereocenters. The van der Waals surface area contributed by atoms with Crippen LogP contribution in [0.25, 0.3) is 137 Å². The molecule has 16 heteroatoms. The molecule has 0 aliphatic heterocycles. The van der Waals surface area contributed by atoms with Gasteiger partial charge in [0, 0.05) is 38.2 Å². The predicted molar refractivity (Wildman–Crippen MR) is 442 cm³/mol. The number of fused-ring (bicyclic) bond motifs is 6. The van der Waals surface area contributed by atoms with E-state index in [0.717, 1.165) is 55.6 Å². The van der Waals surface area contributed by atoms with Gasteiger partial charge in [0.25, 0.3) is 0 Å². The van der Waals surface area contributed by atoms with Crippen molar-refractivity contribution in [1.82, 2.24) is 24.1 Å². The van der Waals surface area contributed by atoms with Crippen LogP contribution in [-0.4, -0.2) is 48.0 Å². The lowest BCUT2D eigenvalue weighted by Crippen LogP contribution is -2.07. The third kappa shape index (κ3) is 14.6. The molecule has 16 nitrogen and oxygen atoms in total. The van der Waals surface area contributed by atoms with Crippen LogP contribution in [0.15, 0.2) is 328 Å². The SMILES string of the molecule is [C-]#[N+]c1ccc(-c2ccc(-c3nc(-c4cccc(-c5cccc([N+]#[C-])c5)c4)nc(-c4ccc(-c5ccc([N+]#[C-])cc5)cc4-n4c5ccc(C(=O)OCc6ccccc6)cc5c5cc(C(=O)OCc6ccccc6)ccc54)n3)c(-n3c4ccc(C(=O)OCc5ccccc5)cc4c4cc(C(=O)OCc5ccccc5)ccc43)c2)cc1. The van der Waals surface area contributed by atoms with Gasteiger partial charge in [-0.1, -0.05) is 218 Å². The van der Waals surface area contributed by atoms with Gasteiger partial charge in [0.1, 0.15) is 26.4 Å². The van der Waals surface area contributed by atoms with E-state index in [9.17, 15) is 19.2 Å². The first-order valence-corrected chi connectivity index (χ1v) is 36.6. The summed E-state index contributed by atoms with van der Waals surface area (Å²) in [5, 5.41) is 2.44. The molecule has 0 fully saturated rings. The summed E-state index contributed by atoms with van der Waals surface area (Å²) >= 11 is 0. The Morgan fingerprint density at radius 1 is 0.263 bits per heavy atom. The van der Waals surface area contributed by atoms with Crippen LogP contribution in [0, 0.1) is 19.7 Å². The zero-order valence-corrected chi connectivity index (χ0v) is 60.8. The molecule has 3 aromatic heterocycles. The molecule has 14 aromatic carbocycles. The molecule has 0 N–H and O–H groups in total. The summed E-state index contributed by atoms with van der Waals surface area (Å²) in [6.45, 7) is 23.8. The van der Waals surface area contributed by atoms with E-state index in [1.165, 1.54) is 0 Å². The molecule has 0 radical (unpaired) electrons. The Bertz CT molecular complexity index is 6200. The van der Waals surface area contributed by atoms with Gasteiger partial charge in [-0.2, -0.15) is 0 Å². The third-order valence-corrected chi connectivity index (χ3v) is 20.0. The Hall–Kier alpha value is -16.0. The fraction of sp³-hybridized carbons (Fsp3) is 0.0408. The molecular formula is C98H62N8O8. The molecular weight excluding hydrogens is 1420 g/mol. The van der Waals surface area contributed by atoms with Crippen molar-refractivity contribution in [2.75, 3.05) is 0 Å². The second kappa shape index (κ2) is 31.3. The van der Waals surface area contributed by atoms with Crippen molar-refractivity contribution in [2.45, 2.75) is 26.4 Å². The van der Waals surface area contributed by atoms with Crippen molar-refractivity contribution in [3.05, 3.63) is 406 Å². The molecule has 0 spiro atoms. The zero-order valence-electron chi connectivity index (χ0n) is 60.8. The molecule has 3 heterocycles. The van der Waals surface area contributed by atoms with E-state index >= 15 is 0 Å². The summed E-state index contributed by atoms with van der Waals surface area (Å²) in [6.07, 6.45) is 0. The summed E-state index contributed by atoms with van der Waals surface area (Å²) in [7, 11) is 0. The zero-order chi connectivity index (χ0) is 77.6. The van der Waals surface area contributed by atoms with Crippen LogP contribution >= 0.6 is 0 Å². The Balaban J connectivity index is 0.906. The van der Waals surface area contributed by atoms with Crippen LogP contribution < -0.4 is 0 Å². The maximum absolute atomic E-state index is 14.3. The summed E-state index contributed by atoms with van der Waals surface area (Å²) in [4.78, 5) is 85.2. The highest BCUT2D eigenvalue weighted by Gasteiger charge is 2.27. The van der Waals surface area contributed by atoms with Gasteiger partial charge in [0.05, 0.1) is 75.4 Å². The molecule has 114 heavy (non-hydrogen) atoms.